The summed E-state index contributed by atoms with van der Waals surface area (Å²) in [6.07, 6.45) is 0.865. The van der Waals surface area contributed by atoms with Crippen LogP contribution >= 0.6 is 0 Å². The minimum atomic E-state index is 0.0695. The lowest BCUT2D eigenvalue weighted by Crippen LogP contribution is -2.49. The third kappa shape index (κ3) is 6.91. The van der Waals surface area contributed by atoms with Crippen LogP contribution in [0.15, 0.2) is 59.6 Å². The van der Waals surface area contributed by atoms with Gasteiger partial charge in [-0.15, -0.1) is 0 Å². The monoisotopic (exact) mass is 423 g/mol. The number of nitrogens with one attached hydrogen (secondary N) is 2. The van der Waals surface area contributed by atoms with Crippen LogP contribution in [0.2, 0.25) is 0 Å². The Morgan fingerprint density at radius 3 is 2.35 bits per heavy atom. The number of hydrogen-bond acceptors (Lipinski definition) is 4. The van der Waals surface area contributed by atoms with Crippen molar-refractivity contribution in [1.82, 2.24) is 15.5 Å². The number of aliphatic imine (C=N–C) groups is 1. The third-order valence-corrected chi connectivity index (χ3v) is 5.34. The summed E-state index contributed by atoms with van der Waals surface area (Å²) in [5.74, 6) is 1.60. The van der Waals surface area contributed by atoms with E-state index in [1.807, 2.05) is 42.2 Å². The number of methoxy groups -OCH3 is 1. The Balaban J connectivity index is 1.44. The fraction of sp³-hybridized carbons (Fsp3) is 0.417. The van der Waals surface area contributed by atoms with Gasteiger partial charge in [0, 0.05) is 45.0 Å². The highest BCUT2D eigenvalue weighted by molar-refractivity contribution is 5.85. The molecule has 1 aliphatic heterocycles. The number of hydrogen-bond donors (Lipinski definition) is 2. The first kappa shape index (κ1) is 22.5. The molecular formula is C24H33N5O2. The average molecular weight is 424 g/mol. The minimum Gasteiger partial charge on any atom is -0.497 e. The van der Waals surface area contributed by atoms with Crippen molar-refractivity contribution in [2.75, 3.05) is 57.8 Å². The number of nitrogens with zero attached hydrogens (tertiary/aromatic N) is 3. The van der Waals surface area contributed by atoms with Gasteiger partial charge in [-0.3, -0.25) is 4.79 Å². The second-order valence-corrected chi connectivity index (χ2v) is 7.42. The Morgan fingerprint density at radius 1 is 1.00 bits per heavy atom. The number of para-hydroxylation sites is 1. The fourth-order valence-electron chi connectivity index (χ4n) is 3.56. The van der Waals surface area contributed by atoms with Crippen molar-refractivity contribution in [3.63, 3.8) is 0 Å². The Kier molecular flexibility index (Phi) is 8.58. The number of rotatable bonds is 8. The molecule has 0 spiro atoms. The van der Waals surface area contributed by atoms with E-state index in [9.17, 15) is 4.79 Å². The van der Waals surface area contributed by atoms with E-state index < -0.39 is 0 Å². The normalized spacial score (nSPS) is 14.3. The highest BCUT2D eigenvalue weighted by Gasteiger charge is 2.20. The van der Waals surface area contributed by atoms with Gasteiger partial charge in [0.05, 0.1) is 7.11 Å². The van der Waals surface area contributed by atoms with E-state index in [2.05, 4.69) is 44.8 Å². The lowest BCUT2D eigenvalue weighted by atomic mass is 10.1. The number of ether oxygens (including phenoxy) is 1. The summed E-state index contributed by atoms with van der Waals surface area (Å²) in [6.45, 7) is 6.81. The van der Waals surface area contributed by atoms with Crippen molar-refractivity contribution in [2.45, 2.75) is 13.3 Å². The van der Waals surface area contributed by atoms with Gasteiger partial charge in [-0.25, -0.2) is 4.99 Å². The number of guanidine groups is 1. The van der Waals surface area contributed by atoms with E-state index in [0.29, 0.717) is 5.96 Å². The molecule has 7 heteroatoms. The molecule has 0 atom stereocenters. The summed E-state index contributed by atoms with van der Waals surface area (Å²) in [6, 6.07) is 18.4. The van der Waals surface area contributed by atoms with Gasteiger partial charge in [0.1, 0.15) is 12.3 Å². The summed E-state index contributed by atoms with van der Waals surface area (Å²) in [7, 11) is 1.67. The molecule has 1 heterocycles. The number of amides is 1. The standard InChI is InChI=1S/C24H33N5O2/c1-3-25-24(26-14-13-20-9-11-22(31-2)12-10-20)27-19-23(30)29-17-15-28(16-18-29)21-7-5-4-6-8-21/h4-12H,3,13-19H2,1-2H3,(H2,25,26,27). The zero-order valence-corrected chi connectivity index (χ0v) is 18.5. The topological polar surface area (TPSA) is 69.2 Å². The molecule has 1 saturated heterocycles. The molecule has 2 aromatic carbocycles. The number of carbonyl (C=O) groups excluding carboxylic acids is 1. The molecule has 1 amide bonds. The van der Waals surface area contributed by atoms with Crippen LogP contribution in [-0.2, 0) is 11.2 Å². The van der Waals surface area contributed by atoms with E-state index >= 15 is 0 Å². The molecule has 166 valence electrons. The average Bonchev–Trinajstić information content (AvgIpc) is 2.83. The van der Waals surface area contributed by atoms with Crippen LogP contribution in [0.5, 0.6) is 5.75 Å². The van der Waals surface area contributed by atoms with Crippen LogP contribution in [0.4, 0.5) is 5.69 Å². The predicted octanol–water partition coefficient (Wildman–Crippen LogP) is 2.14. The molecule has 7 nitrogen and oxygen atoms in total. The van der Waals surface area contributed by atoms with Gasteiger partial charge in [-0.2, -0.15) is 0 Å². The predicted molar refractivity (Wildman–Crippen MR) is 126 cm³/mol. The summed E-state index contributed by atoms with van der Waals surface area (Å²) in [5, 5.41) is 6.53. The smallest absolute Gasteiger partial charge is 0.244 e. The fourth-order valence-corrected chi connectivity index (χ4v) is 3.56. The third-order valence-electron chi connectivity index (χ3n) is 5.34. The zero-order valence-electron chi connectivity index (χ0n) is 18.5. The maximum absolute atomic E-state index is 12.6. The molecule has 31 heavy (non-hydrogen) atoms. The van der Waals surface area contributed by atoms with Crippen molar-refractivity contribution in [3.8, 4) is 5.75 Å². The summed E-state index contributed by atoms with van der Waals surface area (Å²) < 4.78 is 5.19. The molecule has 0 aromatic heterocycles. The summed E-state index contributed by atoms with van der Waals surface area (Å²) >= 11 is 0. The van der Waals surface area contributed by atoms with Crippen molar-refractivity contribution in [1.29, 1.82) is 0 Å². The second kappa shape index (κ2) is 11.8. The number of benzene rings is 2. The first-order valence-corrected chi connectivity index (χ1v) is 10.9. The van der Waals surface area contributed by atoms with Gasteiger partial charge in [0.25, 0.3) is 0 Å². The number of piperazine rings is 1. The van der Waals surface area contributed by atoms with Crippen LogP contribution in [0.1, 0.15) is 12.5 Å². The lowest BCUT2D eigenvalue weighted by molar-refractivity contribution is -0.129. The molecule has 2 N–H and O–H groups in total. The van der Waals surface area contributed by atoms with E-state index in [1.165, 1.54) is 11.3 Å². The highest BCUT2D eigenvalue weighted by atomic mass is 16.5. The Labute approximate surface area is 185 Å². The number of carbonyl (C=O) groups is 1. The highest BCUT2D eigenvalue weighted by Crippen LogP contribution is 2.15. The van der Waals surface area contributed by atoms with Gasteiger partial charge in [0.2, 0.25) is 5.91 Å². The molecule has 3 rings (SSSR count). The lowest BCUT2D eigenvalue weighted by Gasteiger charge is -2.36. The molecule has 1 aliphatic rings. The summed E-state index contributed by atoms with van der Waals surface area (Å²) in [5.41, 5.74) is 2.43. The first-order chi connectivity index (χ1) is 15.2. The van der Waals surface area contributed by atoms with Crippen molar-refractivity contribution >= 4 is 17.6 Å². The van der Waals surface area contributed by atoms with Crippen molar-refractivity contribution in [2.24, 2.45) is 4.99 Å². The Bertz CT molecular complexity index is 831. The molecule has 0 radical (unpaired) electrons. The molecule has 0 unspecified atom stereocenters. The quantitative estimate of drug-likeness (QED) is 0.503. The first-order valence-electron chi connectivity index (χ1n) is 10.9. The van der Waals surface area contributed by atoms with Crippen LogP contribution in [-0.4, -0.2) is 69.7 Å². The van der Waals surface area contributed by atoms with E-state index in [-0.39, 0.29) is 12.5 Å². The van der Waals surface area contributed by atoms with Crippen LogP contribution in [0, 0.1) is 0 Å². The molecule has 0 saturated carbocycles. The number of anilines is 1. The van der Waals surface area contributed by atoms with Gasteiger partial charge in [-0.1, -0.05) is 30.3 Å². The van der Waals surface area contributed by atoms with Gasteiger partial charge >= 0.3 is 0 Å². The molecule has 0 aliphatic carbocycles. The van der Waals surface area contributed by atoms with Gasteiger partial charge in [0.15, 0.2) is 5.96 Å². The zero-order chi connectivity index (χ0) is 21.9. The molecule has 2 aromatic rings. The van der Waals surface area contributed by atoms with Gasteiger partial charge in [-0.05, 0) is 43.2 Å². The van der Waals surface area contributed by atoms with Crippen molar-refractivity contribution in [3.05, 3.63) is 60.2 Å². The van der Waals surface area contributed by atoms with Crippen LogP contribution < -0.4 is 20.3 Å². The van der Waals surface area contributed by atoms with Crippen LogP contribution in [0.3, 0.4) is 0 Å². The largest absolute Gasteiger partial charge is 0.497 e. The second-order valence-electron chi connectivity index (χ2n) is 7.42. The van der Waals surface area contributed by atoms with E-state index in [4.69, 9.17) is 4.74 Å². The molecular weight excluding hydrogens is 390 g/mol. The molecule has 0 bridgehead atoms. The van der Waals surface area contributed by atoms with E-state index in [0.717, 1.165) is 51.4 Å². The Hall–Kier alpha value is -3.22. The van der Waals surface area contributed by atoms with Gasteiger partial charge < -0.3 is 25.2 Å². The maximum atomic E-state index is 12.6. The Morgan fingerprint density at radius 2 is 1.71 bits per heavy atom. The van der Waals surface area contributed by atoms with Crippen molar-refractivity contribution < 1.29 is 9.53 Å². The summed E-state index contributed by atoms with van der Waals surface area (Å²) in [4.78, 5) is 21.4. The van der Waals surface area contributed by atoms with Crippen LogP contribution in [0.25, 0.3) is 0 Å². The SMILES string of the molecule is CCNC(=NCC(=O)N1CCN(c2ccccc2)CC1)NCCc1ccc(OC)cc1. The maximum Gasteiger partial charge on any atom is 0.244 e. The minimum absolute atomic E-state index is 0.0695. The molecule has 1 fully saturated rings. The van der Waals surface area contributed by atoms with E-state index in [1.54, 1.807) is 7.11 Å².